The van der Waals surface area contributed by atoms with E-state index in [1.165, 1.54) is 18.0 Å². The van der Waals surface area contributed by atoms with Gasteiger partial charge in [-0.3, -0.25) is 4.18 Å². The van der Waals surface area contributed by atoms with Crippen molar-refractivity contribution in [2.75, 3.05) is 26.6 Å². The predicted molar refractivity (Wildman–Crippen MR) is 110 cm³/mol. The standard InChI is InChI=1S/C20H24F3N3O7S/c1-20(2)30-8-14-19(33-20)17(18(29-3)15(32-14)9-31-34(4,27)28)26-7-13(24-25-26)10-5-11(21)16(23)12(22)6-10/h5-7,14-15,17-19H,8-9H2,1-4H3/t14-,15-,17-,18+,19+/m1/s1. The lowest BCUT2D eigenvalue weighted by atomic mass is 9.91. The van der Waals surface area contributed by atoms with Crippen molar-refractivity contribution in [3.05, 3.63) is 35.8 Å². The molecule has 0 saturated carbocycles. The largest absolute Gasteiger partial charge is 0.376 e. The third-order valence-corrected chi connectivity index (χ3v) is 6.15. The summed E-state index contributed by atoms with van der Waals surface area (Å²) in [5.41, 5.74) is 0.0522. The number of hydrogen-bond acceptors (Lipinski definition) is 9. The SMILES string of the molecule is CO[C@@H]1[C@@H](n2cc(-c3cc(F)c(F)c(F)c3)nn2)[C@H]2OC(C)(C)OC[C@H]2O[C@@H]1COS(C)(=O)=O. The minimum atomic E-state index is -3.76. The van der Waals surface area contributed by atoms with Gasteiger partial charge in [-0.05, 0) is 26.0 Å². The van der Waals surface area contributed by atoms with Gasteiger partial charge in [0.25, 0.3) is 10.1 Å². The summed E-state index contributed by atoms with van der Waals surface area (Å²) in [5, 5.41) is 8.06. The fourth-order valence-electron chi connectivity index (χ4n) is 4.11. The number of rotatable bonds is 6. The average molecular weight is 507 g/mol. The zero-order valence-electron chi connectivity index (χ0n) is 18.8. The molecule has 14 heteroatoms. The molecule has 3 heterocycles. The molecule has 34 heavy (non-hydrogen) atoms. The van der Waals surface area contributed by atoms with Crippen LogP contribution in [0.1, 0.15) is 19.9 Å². The van der Waals surface area contributed by atoms with Crippen molar-refractivity contribution in [3.63, 3.8) is 0 Å². The van der Waals surface area contributed by atoms with Gasteiger partial charge in [0.15, 0.2) is 23.2 Å². The Morgan fingerprint density at radius 2 is 1.91 bits per heavy atom. The Morgan fingerprint density at radius 3 is 2.53 bits per heavy atom. The molecule has 0 radical (unpaired) electrons. The Hall–Kier alpha value is -2.10. The Bertz CT molecular complexity index is 1140. The van der Waals surface area contributed by atoms with E-state index in [9.17, 15) is 21.6 Å². The maximum absolute atomic E-state index is 13.7. The molecular formula is C20H24F3N3O7S. The van der Waals surface area contributed by atoms with Gasteiger partial charge < -0.3 is 18.9 Å². The third kappa shape index (κ3) is 5.11. The lowest BCUT2D eigenvalue weighted by molar-refractivity contribution is -0.350. The molecule has 0 N–H and O–H groups in total. The molecular weight excluding hydrogens is 483 g/mol. The van der Waals surface area contributed by atoms with Crippen molar-refractivity contribution in [2.24, 2.45) is 0 Å². The third-order valence-electron chi connectivity index (χ3n) is 5.58. The van der Waals surface area contributed by atoms with E-state index in [0.717, 1.165) is 18.4 Å². The molecule has 1 aromatic heterocycles. The maximum atomic E-state index is 13.7. The smallest absolute Gasteiger partial charge is 0.264 e. The lowest BCUT2D eigenvalue weighted by Crippen LogP contribution is -2.63. The highest BCUT2D eigenvalue weighted by atomic mass is 32.2. The second kappa shape index (κ2) is 9.17. The number of nitrogens with zero attached hydrogens (tertiary/aromatic N) is 3. The van der Waals surface area contributed by atoms with Crippen LogP contribution in [0.2, 0.25) is 0 Å². The Kier molecular flexibility index (Phi) is 6.74. The van der Waals surface area contributed by atoms with E-state index in [1.54, 1.807) is 13.8 Å². The number of benzene rings is 1. The molecule has 10 nitrogen and oxygen atoms in total. The van der Waals surface area contributed by atoms with Gasteiger partial charge in [0.05, 0.1) is 25.7 Å². The summed E-state index contributed by atoms with van der Waals surface area (Å²) in [6, 6.07) is 0.908. The molecule has 1 aromatic carbocycles. The van der Waals surface area contributed by atoms with Crippen LogP contribution in [0.3, 0.4) is 0 Å². The molecule has 0 aliphatic carbocycles. The van der Waals surface area contributed by atoms with Crippen molar-refractivity contribution in [1.82, 2.24) is 15.0 Å². The molecule has 2 fully saturated rings. The number of fused-ring (bicyclic) bond motifs is 1. The van der Waals surface area contributed by atoms with Crippen LogP contribution < -0.4 is 0 Å². The summed E-state index contributed by atoms with van der Waals surface area (Å²) in [5.74, 6) is -5.28. The van der Waals surface area contributed by atoms with Gasteiger partial charge >= 0.3 is 0 Å². The highest BCUT2D eigenvalue weighted by molar-refractivity contribution is 7.85. The zero-order chi connectivity index (χ0) is 24.8. The minimum Gasteiger partial charge on any atom is -0.376 e. The van der Waals surface area contributed by atoms with E-state index >= 15 is 0 Å². The van der Waals surface area contributed by atoms with Gasteiger partial charge in [-0.1, -0.05) is 5.21 Å². The van der Waals surface area contributed by atoms with E-state index in [0.29, 0.717) is 0 Å². The average Bonchev–Trinajstić information content (AvgIpc) is 3.23. The monoisotopic (exact) mass is 507 g/mol. The van der Waals surface area contributed by atoms with Gasteiger partial charge in [-0.25, -0.2) is 17.9 Å². The fraction of sp³-hybridized carbons (Fsp3) is 0.600. The molecule has 4 rings (SSSR count). The molecule has 0 amide bonds. The number of ether oxygens (including phenoxy) is 4. The van der Waals surface area contributed by atoms with Gasteiger partial charge in [-0.15, -0.1) is 5.10 Å². The zero-order valence-corrected chi connectivity index (χ0v) is 19.6. The first-order valence-electron chi connectivity index (χ1n) is 10.3. The van der Waals surface area contributed by atoms with Crippen LogP contribution in [-0.2, 0) is 33.2 Å². The molecule has 188 valence electrons. The topological polar surface area (TPSA) is 111 Å². The number of aromatic nitrogens is 3. The highest BCUT2D eigenvalue weighted by Gasteiger charge is 2.53. The van der Waals surface area contributed by atoms with E-state index in [-0.39, 0.29) is 24.5 Å². The second-order valence-corrected chi connectivity index (χ2v) is 10.2. The molecule has 2 aliphatic rings. The summed E-state index contributed by atoms with van der Waals surface area (Å²) in [4.78, 5) is 0. The quantitative estimate of drug-likeness (QED) is 0.427. The molecule has 5 atom stereocenters. The van der Waals surface area contributed by atoms with Crippen LogP contribution >= 0.6 is 0 Å². The van der Waals surface area contributed by atoms with Crippen LogP contribution in [0.25, 0.3) is 11.3 Å². The summed E-state index contributed by atoms with van der Waals surface area (Å²) < 4.78 is 93.7. The number of halogens is 3. The second-order valence-electron chi connectivity index (χ2n) is 8.52. The first kappa shape index (κ1) is 25.0. The van der Waals surface area contributed by atoms with Crippen LogP contribution in [0.5, 0.6) is 0 Å². The minimum absolute atomic E-state index is 0.0228. The van der Waals surface area contributed by atoms with Crippen LogP contribution in [0.4, 0.5) is 13.2 Å². The Labute approximate surface area is 194 Å². The fourth-order valence-corrected chi connectivity index (χ4v) is 4.49. The summed E-state index contributed by atoms with van der Waals surface area (Å²) in [6.45, 7) is 3.24. The van der Waals surface area contributed by atoms with Crippen LogP contribution in [0.15, 0.2) is 18.3 Å². The van der Waals surface area contributed by atoms with Crippen LogP contribution in [-0.4, -0.2) is 80.2 Å². The first-order chi connectivity index (χ1) is 15.9. The number of hydrogen-bond donors (Lipinski definition) is 0. The van der Waals surface area contributed by atoms with E-state index in [1.807, 2.05) is 0 Å². The molecule has 2 saturated heterocycles. The Morgan fingerprint density at radius 1 is 1.24 bits per heavy atom. The van der Waals surface area contributed by atoms with E-state index < -0.39 is 63.8 Å². The molecule has 2 aliphatic heterocycles. The van der Waals surface area contributed by atoms with Crippen LogP contribution in [0, 0.1) is 17.5 Å². The molecule has 2 aromatic rings. The highest BCUT2D eigenvalue weighted by Crippen LogP contribution is 2.39. The van der Waals surface area contributed by atoms with Crippen molar-refractivity contribution in [1.29, 1.82) is 0 Å². The number of methoxy groups -OCH3 is 1. The van der Waals surface area contributed by atoms with Crippen molar-refractivity contribution in [3.8, 4) is 11.3 Å². The predicted octanol–water partition coefficient (Wildman–Crippen LogP) is 1.81. The summed E-state index contributed by atoms with van der Waals surface area (Å²) >= 11 is 0. The van der Waals surface area contributed by atoms with Gasteiger partial charge in [0.2, 0.25) is 0 Å². The van der Waals surface area contributed by atoms with Crippen molar-refractivity contribution >= 4 is 10.1 Å². The van der Waals surface area contributed by atoms with Crippen molar-refractivity contribution in [2.45, 2.75) is 50.1 Å². The Balaban J connectivity index is 1.71. The molecule has 0 unspecified atom stereocenters. The van der Waals surface area contributed by atoms with E-state index in [4.69, 9.17) is 23.1 Å². The summed E-state index contributed by atoms with van der Waals surface area (Å²) in [6.07, 6.45) is -0.644. The van der Waals surface area contributed by atoms with Gasteiger partial charge in [0.1, 0.15) is 36.2 Å². The van der Waals surface area contributed by atoms with Crippen molar-refractivity contribution < 1.29 is 44.7 Å². The van der Waals surface area contributed by atoms with Gasteiger partial charge in [-0.2, -0.15) is 8.42 Å². The van der Waals surface area contributed by atoms with Gasteiger partial charge in [0, 0.05) is 12.7 Å². The summed E-state index contributed by atoms with van der Waals surface area (Å²) in [7, 11) is -2.36. The normalized spacial score (nSPS) is 29.1. The lowest BCUT2D eigenvalue weighted by Gasteiger charge is -2.50. The van der Waals surface area contributed by atoms with E-state index in [2.05, 4.69) is 10.3 Å². The molecule has 0 bridgehead atoms. The first-order valence-corrected chi connectivity index (χ1v) is 12.1. The molecule has 0 spiro atoms. The maximum Gasteiger partial charge on any atom is 0.264 e.